The largest absolute Gasteiger partial charge is 0.489 e. The molecule has 0 aliphatic rings. The fourth-order valence-corrected chi connectivity index (χ4v) is 5.87. The number of nitrogens with one attached hydrogen (secondary N) is 3. The van der Waals surface area contributed by atoms with Gasteiger partial charge in [0.15, 0.2) is 0 Å². The summed E-state index contributed by atoms with van der Waals surface area (Å²) in [4.78, 5) is 52.8. The van der Waals surface area contributed by atoms with Crippen molar-refractivity contribution in [2.75, 3.05) is 17.2 Å². The van der Waals surface area contributed by atoms with Crippen molar-refractivity contribution in [2.24, 2.45) is 0 Å². The molecule has 5 rings (SSSR count). The molecule has 0 bridgehead atoms. The fourth-order valence-electron chi connectivity index (χ4n) is 4.94. The minimum atomic E-state index is -0.524. The first-order valence-electron chi connectivity index (χ1n) is 17.3. The van der Waals surface area contributed by atoms with Crippen molar-refractivity contribution in [3.05, 3.63) is 161 Å². The van der Waals surface area contributed by atoms with E-state index >= 15 is 0 Å². The first kappa shape index (κ1) is 38.1. The maximum Gasteiger partial charge on any atom is 0.338 e. The standard InChI is InChI=1S/C43H41N3O6S/c1-3-4-26-51-43(50)34-20-22-35(23-21-34)44-40(47)30(2)53-38-17-11-16-36(28-38)45-42(49)39(46-41(48)33-14-9-6-10-15-33)27-31-18-24-37(25-19-31)52-29-32-12-7-5-8-13-32/h5-25,27-28,30H,3-4,26,29H2,1-2H3,(H,44,47)(H,45,49)(H,46,48)/b39-27+. The van der Waals surface area contributed by atoms with E-state index in [1.54, 1.807) is 79.7 Å². The summed E-state index contributed by atoms with van der Waals surface area (Å²) in [5, 5.41) is 8.04. The Morgan fingerprint density at radius 1 is 0.736 bits per heavy atom. The van der Waals surface area contributed by atoms with Gasteiger partial charge in [0.2, 0.25) is 5.91 Å². The van der Waals surface area contributed by atoms with Crippen LogP contribution in [0.15, 0.2) is 144 Å². The topological polar surface area (TPSA) is 123 Å². The first-order valence-corrected chi connectivity index (χ1v) is 18.2. The number of thioether (sulfide) groups is 1. The molecule has 0 spiro atoms. The van der Waals surface area contributed by atoms with Crippen LogP contribution >= 0.6 is 11.8 Å². The highest BCUT2D eigenvalue weighted by molar-refractivity contribution is 8.00. The molecule has 1 unspecified atom stereocenters. The van der Waals surface area contributed by atoms with Crippen LogP contribution in [0.1, 0.15) is 58.5 Å². The second-order valence-electron chi connectivity index (χ2n) is 12.0. The van der Waals surface area contributed by atoms with Crippen molar-refractivity contribution < 1.29 is 28.7 Å². The third-order valence-corrected chi connectivity index (χ3v) is 8.96. The quantitative estimate of drug-likeness (QED) is 0.0402. The van der Waals surface area contributed by atoms with Crippen molar-refractivity contribution >= 4 is 52.9 Å². The summed E-state index contributed by atoms with van der Waals surface area (Å²) < 4.78 is 11.1. The number of ether oxygens (including phenoxy) is 2. The van der Waals surface area contributed by atoms with Gasteiger partial charge in [-0.15, -0.1) is 11.8 Å². The zero-order chi connectivity index (χ0) is 37.4. The van der Waals surface area contributed by atoms with Crippen LogP contribution in [-0.2, 0) is 20.9 Å². The van der Waals surface area contributed by atoms with E-state index in [1.807, 2.05) is 73.7 Å². The zero-order valence-corrected chi connectivity index (χ0v) is 30.4. The summed E-state index contributed by atoms with van der Waals surface area (Å²) in [5.41, 5.74) is 3.63. The van der Waals surface area contributed by atoms with Crippen molar-refractivity contribution in [1.29, 1.82) is 0 Å². The average Bonchev–Trinajstić information content (AvgIpc) is 3.18. The molecule has 3 amide bonds. The Morgan fingerprint density at radius 2 is 1.43 bits per heavy atom. The maximum atomic E-state index is 13.7. The molecule has 3 N–H and O–H groups in total. The fraction of sp³-hybridized carbons (Fsp3) is 0.163. The number of hydrogen-bond donors (Lipinski definition) is 3. The third-order valence-electron chi connectivity index (χ3n) is 7.86. The lowest BCUT2D eigenvalue weighted by molar-refractivity contribution is -0.115. The van der Waals surface area contributed by atoms with Gasteiger partial charge >= 0.3 is 5.97 Å². The third kappa shape index (κ3) is 12.0. The average molecular weight is 728 g/mol. The number of benzene rings is 5. The number of amides is 3. The van der Waals surface area contributed by atoms with Crippen molar-refractivity contribution in [1.82, 2.24) is 5.32 Å². The van der Waals surface area contributed by atoms with Crippen LogP contribution < -0.4 is 20.7 Å². The van der Waals surface area contributed by atoms with Crippen molar-refractivity contribution in [2.45, 2.75) is 43.4 Å². The second kappa shape index (κ2) is 19.5. The lowest BCUT2D eigenvalue weighted by Crippen LogP contribution is -2.30. The van der Waals surface area contributed by atoms with E-state index in [1.165, 1.54) is 11.8 Å². The van der Waals surface area contributed by atoms with Gasteiger partial charge in [0, 0.05) is 21.8 Å². The van der Waals surface area contributed by atoms with Gasteiger partial charge in [-0.05, 0) is 97.3 Å². The SMILES string of the molecule is CCCCOC(=O)c1ccc(NC(=O)C(C)Sc2cccc(NC(=O)/C(=C\c3ccc(OCc4ccccc4)cc3)NC(=O)c3ccccc3)c2)cc1. The molecular weight excluding hydrogens is 687 g/mol. The van der Waals surface area contributed by atoms with Crippen molar-refractivity contribution in [3.63, 3.8) is 0 Å². The van der Waals surface area contributed by atoms with Crippen LogP contribution in [-0.4, -0.2) is 35.5 Å². The highest BCUT2D eigenvalue weighted by atomic mass is 32.2. The summed E-state index contributed by atoms with van der Waals surface area (Å²) in [7, 11) is 0. The smallest absolute Gasteiger partial charge is 0.338 e. The van der Waals surface area contributed by atoms with E-state index in [4.69, 9.17) is 9.47 Å². The zero-order valence-electron chi connectivity index (χ0n) is 29.5. The number of carbonyl (C=O) groups excluding carboxylic acids is 4. The summed E-state index contributed by atoms with van der Waals surface area (Å²) in [6.07, 6.45) is 3.34. The molecule has 0 aliphatic heterocycles. The molecule has 5 aromatic carbocycles. The summed E-state index contributed by atoms with van der Waals surface area (Å²) >= 11 is 1.32. The molecule has 53 heavy (non-hydrogen) atoms. The molecule has 0 heterocycles. The molecule has 10 heteroatoms. The number of esters is 1. The van der Waals surface area contributed by atoms with Gasteiger partial charge in [-0.25, -0.2) is 4.79 Å². The molecule has 270 valence electrons. The molecule has 0 saturated heterocycles. The van der Waals surface area contributed by atoms with Gasteiger partial charge in [-0.2, -0.15) is 0 Å². The number of carbonyl (C=O) groups is 4. The van der Waals surface area contributed by atoms with Gasteiger partial charge < -0.3 is 25.4 Å². The lowest BCUT2D eigenvalue weighted by atomic mass is 10.1. The minimum absolute atomic E-state index is 0.0443. The van der Waals surface area contributed by atoms with Crippen LogP contribution in [0.4, 0.5) is 11.4 Å². The molecule has 5 aromatic rings. The van der Waals surface area contributed by atoms with Gasteiger partial charge in [-0.1, -0.05) is 80.1 Å². The van der Waals surface area contributed by atoms with E-state index < -0.39 is 23.0 Å². The van der Waals surface area contributed by atoms with Gasteiger partial charge in [0.25, 0.3) is 11.8 Å². The van der Waals surface area contributed by atoms with Gasteiger partial charge in [-0.3, -0.25) is 14.4 Å². The molecule has 0 saturated carbocycles. The number of rotatable bonds is 16. The monoisotopic (exact) mass is 727 g/mol. The Kier molecular flexibility index (Phi) is 14.0. The van der Waals surface area contributed by atoms with Crippen LogP contribution in [0, 0.1) is 0 Å². The van der Waals surface area contributed by atoms with Crippen molar-refractivity contribution in [3.8, 4) is 5.75 Å². The number of unbranched alkanes of at least 4 members (excludes halogenated alkanes) is 1. The molecule has 0 fully saturated rings. The minimum Gasteiger partial charge on any atom is -0.489 e. The van der Waals surface area contributed by atoms with Crippen LogP contribution in [0.3, 0.4) is 0 Å². The van der Waals surface area contributed by atoms with E-state index in [-0.39, 0.29) is 11.6 Å². The Balaban J connectivity index is 1.23. The Morgan fingerprint density at radius 3 is 2.13 bits per heavy atom. The normalized spacial score (nSPS) is 11.5. The van der Waals surface area contributed by atoms with Crippen LogP contribution in [0.2, 0.25) is 0 Å². The van der Waals surface area contributed by atoms with E-state index in [2.05, 4.69) is 16.0 Å². The Labute approximate surface area is 313 Å². The summed E-state index contributed by atoms with van der Waals surface area (Å²) in [6.45, 7) is 4.60. The highest BCUT2D eigenvalue weighted by Crippen LogP contribution is 2.27. The van der Waals surface area contributed by atoms with E-state index in [0.29, 0.717) is 47.0 Å². The second-order valence-corrected chi connectivity index (χ2v) is 13.4. The predicted octanol–water partition coefficient (Wildman–Crippen LogP) is 8.75. The van der Waals surface area contributed by atoms with E-state index in [9.17, 15) is 19.2 Å². The Bertz CT molecular complexity index is 2020. The molecule has 0 aromatic heterocycles. The molecular formula is C43H41N3O6S. The van der Waals surface area contributed by atoms with E-state index in [0.717, 1.165) is 23.3 Å². The first-order chi connectivity index (χ1) is 25.8. The summed E-state index contributed by atoms with van der Waals surface area (Å²) in [6, 6.07) is 39.4. The van der Waals surface area contributed by atoms with Gasteiger partial charge in [0.1, 0.15) is 18.1 Å². The lowest BCUT2D eigenvalue weighted by Gasteiger charge is -2.14. The van der Waals surface area contributed by atoms with Gasteiger partial charge in [0.05, 0.1) is 17.4 Å². The molecule has 9 nitrogen and oxygen atoms in total. The van der Waals surface area contributed by atoms with Crippen LogP contribution in [0.25, 0.3) is 6.08 Å². The van der Waals surface area contributed by atoms with Crippen LogP contribution in [0.5, 0.6) is 5.75 Å². The molecule has 1 atom stereocenters. The predicted molar refractivity (Wildman–Crippen MR) is 210 cm³/mol. The number of hydrogen-bond acceptors (Lipinski definition) is 7. The summed E-state index contributed by atoms with van der Waals surface area (Å²) in [5.74, 6) is -0.912. The Hall–Kier alpha value is -6.13. The highest BCUT2D eigenvalue weighted by Gasteiger charge is 2.18. The molecule has 0 radical (unpaired) electrons. The number of anilines is 2. The maximum absolute atomic E-state index is 13.7. The molecule has 0 aliphatic carbocycles.